The van der Waals surface area contributed by atoms with Crippen LogP contribution in [0.5, 0.6) is 5.75 Å². The Morgan fingerprint density at radius 3 is 2.07 bits per heavy atom. The Balaban J connectivity index is 1.53. The molecular formula is C32H31F2N3O6S. The topological polar surface area (TPSA) is 125 Å². The first-order chi connectivity index (χ1) is 21.2. The molecule has 0 radical (unpaired) electrons. The number of carbonyl (C=O) groups excluding carboxylic acids is 2. The number of aliphatic hydroxyl groups excluding tert-OH is 1. The molecule has 44 heavy (non-hydrogen) atoms. The maximum Gasteiger partial charge on any atom is 0.261 e. The Morgan fingerprint density at radius 2 is 1.45 bits per heavy atom. The molecule has 0 fully saturated rings. The summed E-state index contributed by atoms with van der Waals surface area (Å²) in [5.74, 6) is -1.78. The highest BCUT2D eigenvalue weighted by atomic mass is 32.2. The first-order valence-electron chi connectivity index (χ1n) is 13.6. The summed E-state index contributed by atoms with van der Waals surface area (Å²) >= 11 is 0. The first-order valence-corrected chi connectivity index (χ1v) is 15.1. The van der Waals surface area contributed by atoms with Crippen molar-refractivity contribution >= 4 is 27.5 Å². The zero-order valence-corrected chi connectivity index (χ0v) is 24.3. The predicted octanol–water partition coefficient (Wildman–Crippen LogP) is 4.41. The summed E-state index contributed by atoms with van der Waals surface area (Å²) in [4.78, 5) is 28.3. The van der Waals surface area contributed by atoms with Crippen LogP contribution in [0.25, 0.3) is 0 Å². The average Bonchev–Trinajstić information content (AvgIpc) is 3.02. The molecule has 0 bridgehead atoms. The van der Waals surface area contributed by atoms with E-state index in [9.17, 15) is 26.8 Å². The van der Waals surface area contributed by atoms with Gasteiger partial charge in [0, 0.05) is 25.4 Å². The number of nitrogens with zero attached hydrogens (tertiary/aromatic N) is 1. The van der Waals surface area contributed by atoms with E-state index in [0.717, 1.165) is 12.1 Å². The molecule has 3 N–H and O–H groups in total. The van der Waals surface area contributed by atoms with Crippen LogP contribution in [0.15, 0.2) is 108 Å². The van der Waals surface area contributed by atoms with E-state index in [-0.39, 0.29) is 36.0 Å². The fourth-order valence-electron chi connectivity index (χ4n) is 4.28. The second kappa shape index (κ2) is 15.1. The lowest BCUT2D eigenvalue weighted by atomic mass is 10.0. The third-order valence-corrected chi connectivity index (χ3v) is 7.89. The van der Waals surface area contributed by atoms with Gasteiger partial charge < -0.3 is 20.1 Å². The van der Waals surface area contributed by atoms with Crippen LogP contribution in [0, 0.1) is 11.6 Å². The molecule has 0 aliphatic carbocycles. The normalized spacial score (nSPS) is 11.8. The highest BCUT2D eigenvalue weighted by molar-refractivity contribution is 7.92. The monoisotopic (exact) mass is 623 g/mol. The fraction of sp³-hybridized carbons (Fsp3) is 0.188. The molecule has 12 heteroatoms. The van der Waals surface area contributed by atoms with Crippen molar-refractivity contribution in [1.82, 2.24) is 10.2 Å². The van der Waals surface area contributed by atoms with Gasteiger partial charge in [-0.25, -0.2) is 17.2 Å². The van der Waals surface area contributed by atoms with Crippen LogP contribution in [0.4, 0.5) is 14.5 Å². The van der Waals surface area contributed by atoms with Crippen LogP contribution in [-0.4, -0.2) is 50.0 Å². The molecule has 0 saturated carbocycles. The number of rotatable bonds is 14. The van der Waals surface area contributed by atoms with E-state index in [1.807, 2.05) is 0 Å². The molecule has 0 spiro atoms. The SMILES string of the molecule is O=C(NCCCO)[C@H](c1ccccc1)N(Cc1ccc(F)cc1)C(=O)COc1ccc(S(=O)(=O)Nc2ccc(F)cc2)cc1. The van der Waals surface area contributed by atoms with E-state index in [1.54, 1.807) is 30.3 Å². The number of nitrogens with one attached hydrogen (secondary N) is 2. The predicted molar refractivity (Wildman–Crippen MR) is 160 cm³/mol. The van der Waals surface area contributed by atoms with Crippen LogP contribution >= 0.6 is 0 Å². The van der Waals surface area contributed by atoms with Gasteiger partial charge in [-0.15, -0.1) is 0 Å². The molecule has 2 amide bonds. The summed E-state index contributed by atoms with van der Waals surface area (Å²) in [6.45, 7) is -0.459. The first kappa shape index (κ1) is 32.1. The molecule has 0 saturated heterocycles. The summed E-state index contributed by atoms with van der Waals surface area (Å²) in [7, 11) is -3.98. The smallest absolute Gasteiger partial charge is 0.261 e. The third-order valence-electron chi connectivity index (χ3n) is 6.49. The number of hydrogen-bond acceptors (Lipinski definition) is 6. The van der Waals surface area contributed by atoms with Gasteiger partial charge in [0.25, 0.3) is 15.9 Å². The van der Waals surface area contributed by atoms with Gasteiger partial charge in [0.15, 0.2) is 6.61 Å². The van der Waals surface area contributed by atoms with Crippen molar-refractivity contribution in [3.63, 3.8) is 0 Å². The number of anilines is 1. The number of amides is 2. The van der Waals surface area contributed by atoms with E-state index in [1.165, 1.54) is 65.6 Å². The van der Waals surface area contributed by atoms with E-state index in [2.05, 4.69) is 10.0 Å². The molecule has 0 heterocycles. The maximum absolute atomic E-state index is 13.7. The highest BCUT2D eigenvalue weighted by Crippen LogP contribution is 2.25. The zero-order valence-electron chi connectivity index (χ0n) is 23.5. The van der Waals surface area contributed by atoms with Crippen LogP contribution in [0.1, 0.15) is 23.6 Å². The molecule has 0 aromatic heterocycles. The minimum Gasteiger partial charge on any atom is -0.484 e. The number of sulfonamides is 1. The van der Waals surface area contributed by atoms with Crippen molar-refractivity contribution in [2.24, 2.45) is 0 Å². The standard InChI is InChI=1S/C32H31F2N3O6S/c33-25-9-7-23(8-10-25)21-37(31(24-5-2-1-3-6-24)32(40)35-19-4-20-38)30(39)22-43-28-15-17-29(18-16-28)44(41,42)36-27-13-11-26(34)12-14-27/h1-3,5-18,31,36,38H,4,19-22H2,(H,35,40)/t31-/m0/s1. The number of benzene rings is 4. The zero-order chi connectivity index (χ0) is 31.5. The molecule has 4 rings (SSSR count). The van der Waals surface area contributed by atoms with Gasteiger partial charge in [-0.05, 0) is 78.2 Å². The molecule has 4 aromatic rings. The van der Waals surface area contributed by atoms with E-state index in [4.69, 9.17) is 9.84 Å². The molecular weight excluding hydrogens is 592 g/mol. The van der Waals surface area contributed by atoms with Gasteiger partial charge in [0.05, 0.1) is 4.90 Å². The Bertz CT molecular complexity index is 1640. The molecule has 4 aromatic carbocycles. The summed E-state index contributed by atoms with van der Waals surface area (Å²) in [5.41, 5.74) is 1.30. The summed E-state index contributed by atoms with van der Waals surface area (Å²) in [5, 5.41) is 11.9. The van der Waals surface area contributed by atoms with Crippen molar-refractivity contribution in [3.05, 3.63) is 126 Å². The lowest BCUT2D eigenvalue weighted by molar-refractivity contribution is -0.143. The van der Waals surface area contributed by atoms with Gasteiger partial charge in [0.2, 0.25) is 5.91 Å². The number of aliphatic hydroxyl groups is 1. The fourth-order valence-corrected chi connectivity index (χ4v) is 5.34. The Labute approximate surface area is 254 Å². The highest BCUT2D eigenvalue weighted by Gasteiger charge is 2.31. The average molecular weight is 624 g/mol. The van der Waals surface area contributed by atoms with Crippen molar-refractivity contribution in [2.45, 2.75) is 23.9 Å². The van der Waals surface area contributed by atoms with Crippen molar-refractivity contribution in [2.75, 3.05) is 24.5 Å². The van der Waals surface area contributed by atoms with E-state index < -0.39 is 46.1 Å². The van der Waals surface area contributed by atoms with E-state index >= 15 is 0 Å². The van der Waals surface area contributed by atoms with Gasteiger partial charge in [0.1, 0.15) is 23.4 Å². The number of hydrogen-bond donors (Lipinski definition) is 3. The quantitative estimate of drug-likeness (QED) is 0.179. The molecule has 0 aliphatic rings. The Kier molecular flexibility index (Phi) is 11.0. The van der Waals surface area contributed by atoms with Gasteiger partial charge in [-0.1, -0.05) is 42.5 Å². The minimum absolute atomic E-state index is 0.0400. The summed E-state index contributed by atoms with van der Waals surface area (Å²) in [6.07, 6.45) is 0.327. The molecule has 0 unspecified atom stereocenters. The maximum atomic E-state index is 13.7. The second-order valence-corrected chi connectivity index (χ2v) is 11.4. The third kappa shape index (κ3) is 8.85. The Morgan fingerprint density at radius 1 is 0.841 bits per heavy atom. The summed E-state index contributed by atoms with van der Waals surface area (Å²) in [6, 6.07) is 23.4. The molecule has 0 aliphatic heterocycles. The number of carbonyl (C=O) groups is 2. The van der Waals surface area contributed by atoms with Crippen molar-refractivity contribution in [3.8, 4) is 5.75 Å². The van der Waals surface area contributed by atoms with Gasteiger partial charge in [-0.2, -0.15) is 0 Å². The number of halogens is 2. The number of ether oxygens (including phenoxy) is 1. The lowest BCUT2D eigenvalue weighted by Crippen LogP contribution is -2.45. The van der Waals surface area contributed by atoms with Crippen molar-refractivity contribution < 1.29 is 36.6 Å². The van der Waals surface area contributed by atoms with Gasteiger partial charge >= 0.3 is 0 Å². The van der Waals surface area contributed by atoms with Gasteiger partial charge in [-0.3, -0.25) is 14.3 Å². The van der Waals surface area contributed by atoms with Crippen molar-refractivity contribution in [1.29, 1.82) is 0 Å². The second-order valence-electron chi connectivity index (χ2n) is 9.70. The minimum atomic E-state index is -3.98. The summed E-state index contributed by atoms with van der Waals surface area (Å²) < 4.78 is 60.3. The van der Waals surface area contributed by atoms with Crippen LogP contribution < -0.4 is 14.8 Å². The van der Waals surface area contributed by atoms with Crippen LogP contribution in [-0.2, 0) is 26.2 Å². The molecule has 9 nitrogen and oxygen atoms in total. The molecule has 1 atom stereocenters. The van der Waals surface area contributed by atoms with E-state index in [0.29, 0.717) is 17.5 Å². The lowest BCUT2D eigenvalue weighted by Gasteiger charge is -2.31. The Hall–Kier alpha value is -4.81. The van der Waals surface area contributed by atoms with Crippen LogP contribution in [0.3, 0.4) is 0 Å². The largest absolute Gasteiger partial charge is 0.484 e. The van der Waals surface area contributed by atoms with Crippen LogP contribution in [0.2, 0.25) is 0 Å². The molecule has 230 valence electrons.